The molecule has 0 bridgehead atoms. The fraction of sp³-hybridized carbons (Fsp3) is 0.562. The molecule has 1 aromatic rings. The molecule has 0 spiro atoms. The molecule has 3 N–H and O–H groups in total. The summed E-state index contributed by atoms with van der Waals surface area (Å²) in [4.78, 5) is 12.0. The van der Waals surface area contributed by atoms with Crippen LogP contribution >= 0.6 is 0 Å². The van der Waals surface area contributed by atoms with Crippen LogP contribution in [0.1, 0.15) is 32.3 Å². The van der Waals surface area contributed by atoms with E-state index in [1.54, 1.807) is 7.11 Å². The van der Waals surface area contributed by atoms with Crippen LogP contribution in [0.15, 0.2) is 24.3 Å². The minimum atomic E-state index is 0.0101. The Morgan fingerprint density at radius 3 is 2.75 bits per heavy atom. The maximum atomic E-state index is 12.0. The predicted octanol–water partition coefficient (Wildman–Crippen LogP) is 2.13. The molecule has 1 fully saturated rings. The highest BCUT2D eigenvalue weighted by atomic mass is 16.5. The van der Waals surface area contributed by atoms with Crippen LogP contribution in [0.3, 0.4) is 0 Å². The maximum absolute atomic E-state index is 12.0. The number of anilines is 1. The number of methoxy groups -OCH3 is 1. The number of hydrogen-bond acceptors (Lipinski definition) is 3. The number of amides is 1. The van der Waals surface area contributed by atoms with Crippen LogP contribution in [0.25, 0.3) is 0 Å². The number of nitrogen functional groups attached to an aromatic ring is 1. The maximum Gasteiger partial charge on any atom is 0.220 e. The van der Waals surface area contributed by atoms with E-state index in [-0.39, 0.29) is 23.5 Å². The molecule has 2 unspecified atom stereocenters. The molecule has 1 aliphatic rings. The Hall–Kier alpha value is -1.55. The van der Waals surface area contributed by atoms with Gasteiger partial charge in [-0.2, -0.15) is 0 Å². The third-order valence-electron chi connectivity index (χ3n) is 4.47. The number of aryl methyl sites for hydroxylation is 1. The monoisotopic (exact) mass is 276 g/mol. The lowest BCUT2D eigenvalue weighted by atomic mass is 9.64. The molecule has 1 saturated carbocycles. The van der Waals surface area contributed by atoms with E-state index in [9.17, 15) is 4.79 Å². The van der Waals surface area contributed by atoms with Gasteiger partial charge in [-0.1, -0.05) is 32.0 Å². The minimum absolute atomic E-state index is 0.0101. The number of carbonyl (C=O) groups excluding carboxylic acids is 1. The van der Waals surface area contributed by atoms with Crippen molar-refractivity contribution in [3.05, 3.63) is 29.8 Å². The summed E-state index contributed by atoms with van der Waals surface area (Å²) >= 11 is 0. The average molecular weight is 276 g/mol. The molecular weight excluding hydrogens is 252 g/mol. The Labute approximate surface area is 120 Å². The molecule has 0 aliphatic heterocycles. The van der Waals surface area contributed by atoms with E-state index in [2.05, 4.69) is 19.2 Å². The molecule has 2 atom stereocenters. The first-order valence-electron chi connectivity index (χ1n) is 7.10. The molecule has 110 valence electrons. The Kier molecular flexibility index (Phi) is 4.33. The number of ether oxygens (including phenoxy) is 1. The molecule has 4 heteroatoms. The van der Waals surface area contributed by atoms with Crippen LogP contribution < -0.4 is 11.1 Å². The van der Waals surface area contributed by atoms with Crippen molar-refractivity contribution in [1.29, 1.82) is 0 Å². The number of carbonyl (C=O) groups is 1. The Morgan fingerprint density at radius 2 is 2.15 bits per heavy atom. The van der Waals surface area contributed by atoms with Gasteiger partial charge < -0.3 is 15.8 Å². The van der Waals surface area contributed by atoms with E-state index in [4.69, 9.17) is 10.5 Å². The van der Waals surface area contributed by atoms with Gasteiger partial charge in [0, 0.05) is 30.7 Å². The molecule has 1 aromatic carbocycles. The van der Waals surface area contributed by atoms with Gasteiger partial charge in [-0.25, -0.2) is 0 Å². The quantitative estimate of drug-likeness (QED) is 0.810. The Bertz CT molecular complexity index is 485. The molecule has 0 aromatic heterocycles. The minimum Gasteiger partial charge on any atom is -0.399 e. The molecule has 0 heterocycles. The first-order chi connectivity index (χ1) is 9.45. The lowest BCUT2D eigenvalue weighted by Crippen LogP contribution is -2.61. The van der Waals surface area contributed by atoms with Crippen molar-refractivity contribution < 1.29 is 9.53 Å². The molecule has 4 nitrogen and oxygen atoms in total. The first-order valence-corrected chi connectivity index (χ1v) is 7.10. The molecule has 2 rings (SSSR count). The third-order valence-corrected chi connectivity index (χ3v) is 4.47. The number of nitrogens with two attached hydrogens (primary N) is 1. The van der Waals surface area contributed by atoms with Crippen LogP contribution in [-0.4, -0.2) is 25.2 Å². The van der Waals surface area contributed by atoms with Gasteiger partial charge in [0.15, 0.2) is 0 Å². The molecule has 0 radical (unpaired) electrons. The largest absolute Gasteiger partial charge is 0.399 e. The van der Waals surface area contributed by atoms with Crippen LogP contribution in [0.2, 0.25) is 0 Å². The van der Waals surface area contributed by atoms with Crippen molar-refractivity contribution in [2.75, 3.05) is 12.8 Å². The van der Waals surface area contributed by atoms with Gasteiger partial charge in [0.1, 0.15) is 0 Å². The highest BCUT2D eigenvalue weighted by Gasteiger charge is 2.49. The zero-order chi connectivity index (χ0) is 14.8. The summed E-state index contributed by atoms with van der Waals surface area (Å²) in [6.07, 6.45) is 2.28. The number of benzene rings is 1. The zero-order valence-electron chi connectivity index (χ0n) is 12.5. The van der Waals surface area contributed by atoms with Crippen LogP contribution in [0.4, 0.5) is 5.69 Å². The van der Waals surface area contributed by atoms with Gasteiger partial charge in [0.25, 0.3) is 0 Å². The highest BCUT2D eigenvalue weighted by molar-refractivity contribution is 5.77. The second-order valence-electron chi connectivity index (χ2n) is 6.10. The van der Waals surface area contributed by atoms with Gasteiger partial charge in [-0.05, 0) is 24.5 Å². The van der Waals surface area contributed by atoms with Gasteiger partial charge in [0.2, 0.25) is 5.91 Å². The smallest absolute Gasteiger partial charge is 0.220 e. The standard InChI is InChI=1S/C16H24N2O2/c1-16(2)13(10-14(16)20-3)18-15(19)9-8-11-6-4-5-7-12(11)17/h4-7,13-14H,8-10,17H2,1-3H3,(H,18,19). The second-order valence-corrected chi connectivity index (χ2v) is 6.10. The van der Waals surface area contributed by atoms with Crippen molar-refractivity contribution >= 4 is 11.6 Å². The van der Waals surface area contributed by atoms with Crippen LogP contribution in [0, 0.1) is 5.41 Å². The van der Waals surface area contributed by atoms with Gasteiger partial charge in [0.05, 0.1) is 6.10 Å². The number of para-hydroxylation sites is 1. The molecule has 1 aliphatic carbocycles. The van der Waals surface area contributed by atoms with Crippen molar-refractivity contribution in [2.24, 2.45) is 5.41 Å². The van der Waals surface area contributed by atoms with Crippen molar-refractivity contribution in [1.82, 2.24) is 5.32 Å². The van der Waals surface area contributed by atoms with E-state index < -0.39 is 0 Å². The van der Waals surface area contributed by atoms with Crippen molar-refractivity contribution in [2.45, 2.75) is 45.3 Å². The number of hydrogen-bond donors (Lipinski definition) is 2. The topological polar surface area (TPSA) is 64.3 Å². The predicted molar refractivity (Wildman–Crippen MR) is 80.3 cm³/mol. The Balaban J connectivity index is 1.81. The summed E-state index contributed by atoms with van der Waals surface area (Å²) in [7, 11) is 1.72. The van der Waals surface area contributed by atoms with E-state index in [0.717, 1.165) is 17.7 Å². The Morgan fingerprint density at radius 1 is 1.45 bits per heavy atom. The summed E-state index contributed by atoms with van der Waals surface area (Å²) < 4.78 is 5.39. The SMILES string of the molecule is COC1CC(NC(=O)CCc2ccccc2N)C1(C)C. The number of nitrogens with one attached hydrogen (secondary N) is 1. The second kappa shape index (κ2) is 5.83. The highest BCUT2D eigenvalue weighted by Crippen LogP contribution is 2.42. The normalized spacial score (nSPS) is 23.9. The lowest BCUT2D eigenvalue weighted by Gasteiger charge is -2.51. The molecule has 0 saturated heterocycles. The fourth-order valence-electron chi connectivity index (χ4n) is 2.81. The summed E-state index contributed by atoms with van der Waals surface area (Å²) in [5.41, 5.74) is 7.67. The first kappa shape index (κ1) is 14.9. The summed E-state index contributed by atoms with van der Waals surface area (Å²) in [5.74, 6) is 0.0841. The molecular formula is C16H24N2O2. The van der Waals surface area contributed by atoms with Crippen molar-refractivity contribution in [3.63, 3.8) is 0 Å². The summed E-state index contributed by atoms with van der Waals surface area (Å²) in [5, 5.41) is 3.10. The summed E-state index contributed by atoms with van der Waals surface area (Å²) in [6, 6.07) is 7.89. The number of rotatable bonds is 5. The van der Waals surface area contributed by atoms with Gasteiger partial charge in [-0.15, -0.1) is 0 Å². The summed E-state index contributed by atoms with van der Waals surface area (Å²) in [6.45, 7) is 4.26. The molecule has 1 amide bonds. The third kappa shape index (κ3) is 2.96. The zero-order valence-corrected chi connectivity index (χ0v) is 12.5. The van der Waals surface area contributed by atoms with E-state index in [1.807, 2.05) is 24.3 Å². The van der Waals surface area contributed by atoms with Crippen LogP contribution in [-0.2, 0) is 16.0 Å². The fourth-order valence-corrected chi connectivity index (χ4v) is 2.81. The average Bonchev–Trinajstić information content (AvgIpc) is 2.42. The van der Waals surface area contributed by atoms with E-state index in [1.165, 1.54) is 0 Å². The van der Waals surface area contributed by atoms with Crippen LogP contribution in [0.5, 0.6) is 0 Å². The van der Waals surface area contributed by atoms with Crippen molar-refractivity contribution in [3.8, 4) is 0 Å². The van der Waals surface area contributed by atoms with E-state index >= 15 is 0 Å². The van der Waals surface area contributed by atoms with Gasteiger partial charge >= 0.3 is 0 Å². The lowest BCUT2D eigenvalue weighted by molar-refractivity contribution is -0.132. The molecule has 20 heavy (non-hydrogen) atoms. The van der Waals surface area contributed by atoms with Gasteiger partial charge in [-0.3, -0.25) is 4.79 Å². The van der Waals surface area contributed by atoms with E-state index in [0.29, 0.717) is 12.8 Å².